The van der Waals surface area contributed by atoms with E-state index in [-0.39, 0.29) is 0 Å². The monoisotopic (exact) mass is 298 g/mol. The van der Waals surface area contributed by atoms with Gasteiger partial charge in [0.1, 0.15) is 0 Å². The van der Waals surface area contributed by atoms with Crippen LogP contribution < -0.4 is 5.73 Å². The minimum Gasteiger partial charge on any atom is -0.330 e. The molecule has 0 aromatic heterocycles. The number of rotatable bonds is 8. The minimum atomic E-state index is 0.828. The Morgan fingerprint density at radius 1 is 1.06 bits per heavy atom. The van der Waals surface area contributed by atoms with Crippen molar-refractivity contribution in [3.05, 3.63) is 34.3 Å². The van der Waals surface area contributed by atoms with Crippen molar-refractivity contribution in [3.63, 3.8) is 0 Å². The molecule has 96 valence electrons. The molecule has 2 nitrogen and oxygen atoms in total. The fraction of sp³-hybridized carbons (Fsp3) is 0.571. The maximum Gasteiger partial charge on any atom is 0.0230 e. The first-order valence-corrected chi connectivity index (χ1v) is 7.14. The van der Waals surface area contributed by atoms with Gasteiger partial charge in [-0.15, -0.1) is 0 Å². The third kappa shape index (κ3) is 6.81. The van der Waals surface area contributed by atoms with Crippen molar-refractivity contribution < 1.29 is 0 Å². The predicted octanol–water partition coefficient (Wildman–Crippen LogP) is 3.40. The van der Waals surface area contributed by atoms with Crippen LogP contribution >= 0.6 is 15.9 Å². The van der Waals surface area contributed by atoms with E-state index in [0.29, 0.717) is 0 Å². The summed E-state index contributed by atoms with van der Waals surface area (Å²) >= 11 is 3.45. The third-order valence-electron chi connectivity index (χ3n) is 2.86. The number of nitrogens with zero attached hydrogens (tertiary/aromatic N) is 1. The predicted molar refractivity (Wildman–Crippen MR) is 78.0 cm³/mol. The summed E-state index contributed by atoms with van der Waals surface area (Å²) in [5.74, 6) is 0. The molecule has 0 spiro atoms. The van der Waals surface area contributed by atoms with Crippen LogP contribution in [0.3, 0.4) is 0 Å². The summed E-state index contributed by atoms with van der Waals surface area (Å²) in [6.45, 7) is 3.03. The fourth-order valence-corrected chi connectivity index (χ4v) is 2.12. The molecule has 0 fully saturated rings. The average molecular weight is 299 g/mol. The topological polar surface area (TPSA) is 29.3 Å². The molecule has 0 aliphatic carbocycles. The average Bonchev–Trinajstić information content (AvgIpc) is 2.32. The Labute approximate surface area is 113 Å². The molecule has 0 amide bonds. The second-order valence-electron chi connectivity index (χ2n) is 4.57. The second kappa shape index (κ2) is 8.67. The highest BCUT2D eigenvalue weighted by Crippen LogP contribution is 2.12. The van der Waals surface area contributed by atoms with Crippen LogP contribution in [0.1, 0.15) is 31.2 Å². The van der Waals surface area contributed by atoms with Crippen LogP contribution in [0.2, 0.25) is 0 Å². The molecule has 1 rings (SSSR count). The summed E-state index contributed by atoms with van der Waals surface area (Å²) in [5, 5.41) is 0. The molecule has 0 saturated heterocycles. The molecule has 0 aliphatic rings. The van der Waals surface area contributed by atoms with E-state index in [1.165, 1.54) is 31.4 Å². The Kier molecular flexibility index (Phi) is 7.49. The maximum absolute atomic E-state index is 5.47. The van der Waals surface area contributed by atoms with Crippen molar-refractivity contribution in [2.75, 3.05) is 20.1 Å². The molecule has 0 unspecified atom stereocenters. The van der Waals surface area contributed by atoms with Gasteiger partial charge in [-0.2, -0.15) is 0 Å². The molecule has 17 heavy (non-hydrogen) atoms. The third-order valence-corrected chi connectivity index (χ3v) is 3.39. The van der Waals surface area contributed by atoms with Crippen molar-refractivity contribution in [2.24, 2.45) is 5.73 Å². The standard InChI is InChI=1S/C14H23BrN2/c1-17(11-5-3-2-4-10-16)12-13-6-8-14(15)9-7-13/h6-9H,2-5,10-12,16H2,1H3. The van der Waals surface area contributed by atoms with Gasteiger partial charge in [0.2, 0.25) is 0 Å². The van der Waals surface area contributed by atoms with Crippen LogP contribution in [0.25, 0.3) is 0 Å². The van der Waals surface area contributed by atoms with Crippen molar-refractivity contribution in [1.82, 2.24) is 4.90 Å². The molecule has 0 aliphatic heterocycles. The van der Waals surface area contributed by atoms with Gasteiger partial charge in [0.15, 0.2) is 0 Å². The lowest BCUT2D eigenvalue weighted by Gasteiger charge is -2.16. The van der Waals surface area contributed by atoms with Crippen LogP contribution in [0.15, 0.2) is 28.7 Å². The number of hydrogen-bond acceptors (Lipinski definition) is 2. The van der Waals surface area contributed by atoms with Gasteiger partial charge in [0.25, 0.3) is 0 Å². The van der Waals surface area contributed by atoms with Crippen LogP contribution in [0.4, 0.5) is 0 Å². The zero-order valence-electron chi connectivity index (χ0n) is 10.7. The first-order valence-electron chi connectivity index (χ1n) is 6.35. The van der Waals surface area contributed by atoms with Gasteiger partial charge in [-0.3, -0.25) is 0 Å². The lowest BCUT2D eigenvalue weighted by Crippen LogP contribution is -2.19. The lowest BCUT2D eigenvalue weighted by molar-refractivity contribution is 0.317. The summed E-state index contributed by atoms with van der Waals surface area (Å²) in [6, 6.07) is 8.55. The summed E-state index contributed by atoms with van der Waals surface area (Å²) < 4.78 is 1.14. The van der Waals surface area contributed by atoms with E-state index in [2.05, 4.69) is 52.1 Å². The molecule has 0 radical (unpaired) electrons. The Bertz CT molecular complexity index is 298. The van der Waals surface area contributed by atoms with E-state index in [9.17, 15) is 0 Å². The van der Waals surface area contributed by atoms with Gasteiger partial charge in [-0.05, 0) is 50.7 Å². The molecule has 2 N–H and O–H groups in total. The van der Waals surface area contributed by atoms with E-state index in [1.54, 1.807) is 0 Å². The second-order valence-corrected chi connectivity index (χ2v) is 5.48. The molecular weight excluding hydrogens is 276 g/mol. The van der Waals surface area contributed by atoms with Crippen molar-refractivity contribution in [3.8, 4) is 0 Å². The van der Waals surface area contributed by atoms with Gasteiger partial charge in [0, 0.05) is 11.0 Å². The first-order chi connectivity index (χ1) is 8.22. The Morgan fingerprint density at radius 3 is 2.35 bits per heavy atom. The van der Waals surface area contributed by atoms with E-state index in [4.69, 9.17) is 5.73 Å². The number of nitrogens with two attached hydrogens (primary N) is 1. The van der Waals surface area contributed by atoms with Crippen LogP contribution in [-0.2, 0) is 6.54 Å². The first kappa shape index (κ1) is 14.7. The molecule has 1 aromatic carbocycles. The van der Waals surface area contributed by atoms with Gasteiger partial charge in [0.05, 0.1) is 0 Å². The number of hydrogen-bond donors (Lipinski definition) is 1. The van der Waals surface area contributed by atoms with Crippen LogP contribution in [0.5, 0.6) is 0 Å². The van der Waals surface area contributed by atoms with E-state index >= 15 is 0 Å². The number of unbranched alkanes of at least 4 members (excludes halogenated alkanes) is 3. The lowest BCUT2D eigenvalue weighted by atomic mass is 10.1. The molecule has 1 aromatic rings. The summed E-state index contributed by atoms with van der Waals surface area (Å²) in [6.07, 6.45) is 4.99. The molecular formula is C14H23BrN2. The Morgan fingerprint density at radius 2 is 1.71 bits per heavy atom. The molecule has 3 heteroatoms. The summed E-state index contributed by atoms with van der Waals surface area (Å²) in [4.78, 5) is 2.38. The number of benzene rings is 1. The zero-order valence-corrected chi connectivity index (χ0v) is 12.2. The molecule has 0 atom stereocenters. The quantitative estimate of drug-likeness (QED) is 0.745. The van der Waals surface area contributed by atoms with Gasteiger partial charge >= 0.3 is 0 Å². The van der Waals surface area contributed by atoms with Crippen molar-refractivity contribution in [1.29, 1.82) is 0 Å². The Balaban J connectivity index is 2.16. The highest BCUT2D eigenvalue weighted by atomic mass is 79.9. The maximum atomic E-state index is 5.47. The summed E-state index contributed by atoms with van der Waals surface area (Å²) in [5.41, 5.74) is 6.84. The molecule has 0 saturated carbocycles. The number of halogens is 1. The fourth-order valence-electron chi connectivity index (χ4n) is 1.86. The minimum absolute atomic E-state index is 0.828. The van der Waals surface area contributed by atoms with E-state index in [0.717, 1.165) is 24.0 Å². The van der Waals surface area contributed by atoms with Gasteiger partial charge < -0.3 is 10.6 Å². The Hall–Kier alpha value is -0.380. The zero-order chi connectivity index (χ0) is 12.5. The van der Waals surface area contributed by atoms with Crippen LogP contribution in [0, 0.1) is 0 Å². The normalized spacial score (nSPS) is 11.1. The van der Waals surface area contributed by atoms with E-state index in [1.807, 2.05) is 0 Å². The molecule has 0 bridgehead atoms. The smallest absolute Gasteiger partial charge is 0.0230 e. The molecule has 0 heterocycles. The SMILES string of the molecule is CN(CCCCCCN)Cc1ccc(Br)cc1. The highest BCUT2D eigenvalue weighted by Gasteiger charge is 2.00. The van der Waals surface area contributed by atoms with Gasteiger partial charge in [-0.1, -0.05) is 40.9 Å². The van der Waals surface area contributed by atoms with Crippen LogP contribution in [-0.4, -0.2) is 25.0 Å². The highest BCUT2D eigenvalue weighted by molar-refractivity contribution is 9.10. The van der Waals surface area contributed by atoms with Gasteiger partial charge in [-0.25, -0.2) is 0 Å². The largest absolute Gasteiger partial charge is 0.330 e. The van der Waals surface area contributed by atoms with Crippen molar-refractivity contribution in [2.45, 2.75) is 32.2 Å². The summed E-state index contributed by atoms with van der Waals surface area (Å²) in [7, 11) is 2.19. The van der Waals surface area contributed by atoms with E-state index < -0.39 is 0 Å². The van der Waals surface area contributed by atoms with Crippen molar-refractivity contribution >= 4 is 15.9 Å².